The van der Waals surface area contributed by atoms with Crippen LogP contribution in [0.2, 0.25) is 0 Å². The second-order valence-electron chi connectivity index (χ2n) is 3.98. The zero-order valence-electron chi connectivity index (χ0n) is 9.76. The van der Waals surface area contributed by atoms with E-state index in [1.54, 1.807) is 0 Å². The summed E-state index contributed by atoms with van der Waals surface area (Å²) in [6.07, 6.45) is -11.1. The molecule has 0 aromatic rings. The molecule has 1 heterocycles. The molecule has 1 rings (SSSR count). The fraction of sp³-hybridized carbons (Fsp3) is 0.750. The maximum absolute atomic E-state index is 13.1. The highest BCUT2D eigenvalue weighted by atomic mass is 32.2. The molecule has 7 nitrogen and oxygen atoms in total. The molecule has 0 aliphatic carbocycles. The van der Waals surface area contributed by atoms with Gasteiger partial charge < -0.3 is 9.47 Å². The summed E-state index contributed by atoms with van der Waals surface area (Å²) >= 11 is 0. The van der Waals surface area contributed by atoms with Gasteiger partial charge in [0, 0.05) is 0 Å². The molecule has 1 N–H and O–H groups in total. The van der Waals surface area contributed by atoms with Gasteiger partial charge in [-0.25, -0.2) is 0 Å². The van der Waals surface area contributed by atoms with Gasteiger partial charge in [0.25, 0.3) is 6.10 Å². The van der Waals surface area contributed by atoms with Crippen molar-refractivity contribution in [1.82, 2.24) is 0 Å². The number of alkyl halides is 5. The van der Waals surface area contributed by atoms with E-state index in [9.17, 15) is 40.0 Å². The lowest BCUT2D eigenvalue weighted by molar-refractivity contribution is -0.260. The number of hydrogen-bond donors (Lipinski definition) is 1. The maximum atomic E-state index is 13.1. The van der Waals surface area contributed by atoms with Crippen molar-refractivity contribution in [3.05, 3.63) is 0 Å². The Hall–Kier alpha value is -1.50. The molecule has 1 aliphatic heterocycles. The molecule has 0 bridgehead atoms. The lowest BCUT2D eigenvalue weighted by Gasteiger charge is -2.26. The summed E-state index contributed by atoms with van der Waals surface area (Å²) in [5.41, 5.74) is 0. The van der Waals surface area contributed by atoms with Crippen LogP contribution in [0.25, 0.3) is 0 Å². The lowest BCUT2D eigenvalue weighted by Crippen LogP contribution is -2.52. The number of cyclic esters (lactones) is 1. The number of hydrogen-bond acceptors (Lipinski definition) is 6. The summed E-state index contributed by atoms with van der Waals surface area (Å²) in [6.45, 7) is -0.681. The summed E-state index contributed by atoms with van der Waals surface area (Å²) in [6, 6.07) is 0. The Kier molecular flexibility index (Phi) is 4.48. The normalized spacial score (nSPS) is 21.8. The molecular formula is C8H7F5O7S. The Morgan fingerprint density at radius 2 is 1.86 bits per heavy atom. The molecule has 1 aliphatic rings. The summed E-state index contributed by atoms with van der Waals surface area (Å²) in [4.78, 5) is 21.9. The molecule has 0 aromatic heterocycles. The quantitative estimate of drug-likeness (QED) is 0.450. The van der Waals surface area contributed by atoms with Crippen LogP contribution in [0.5, 0.6) is 0 Å². The average Bonchev–Trinajstić information content (AvgIpc) is 2.69. The smallest absolute Gasteiger partial charge is 0.432 e. The first-order valence-corrected chi connectivity index (χ1v) is 6.48. The second-order valence-corrected chi connectivity index (χ2v) is 5.47. The molecule has 2 atom stereocenters. The highest BCUT2D eigenvalue weighted by Crippen LogP contribution is 2.38. The van der Waals surface area contributed by atoms with Crippen LogP contribution in [0.15, 0.2) is 0 Å². The Bertz CT molecular complexity index is 540. The van der Waals surface area contributed by atoms with E-state index in [4.69, 9.17) is 4.55 Å². The number of esters is 2. The van der Waals surface area contributed by atoms with E-state index in [1.807, 2.05) is 0 Å². The van der Waals surface area contributed by atoms with E-state index >= 15 is 0 Å². The third-order valence-electron chi connectivity index (χ3n) is 2.37. The SMILES string of the molecule is O=C1CC(C(=O)OC(C(F)(F)F)C(F)(F)S(=O)(=O)O)CO1. The van der Waals surface area contributed by atoms with Gasteiger partial charge in [0.05, 0.1) is 6.42 Å². The van der Waals surface area contributed by atoms with E-state index in [-0.39, 0.29) is 0 Å². The van der Waals surface area contributed by atoms with Crippen LogP contribution in [-0.4, -0.2) is 49.1 Å². The molecule has 122 valence electrons. The van der Waals surface area contributed by atoms with Crippen LogP contribution in [0.1, 0.15) is 6.42 Å². The van der Waals surface area contributed by atoms with Crippen molar-refractivity contribution in [2.75, 3.05) is 6.61 Å². The average molecular weight is 342 g/mol. The van der Waals surface area contributed by atoms with Crippen molar-refractivity contribution < 1.29 is 54.0 Å². The van der Waals surface area contributed by atoms with E-state index in [0.29, 0.717) is 0 Å². The molecule has 0 aromatic carbocycles. The van der Waals surface area contributed by atoms with E-state index in [1.165, 1.54) is 0 Å². The van der Waals surface area contributed by atoms with Crippen LogP contribution in [0.4, 0.5) is 22.0 Å². The van der Waals surface area contributed by atoms with Gasteiger partial charge in [0.2, 0.25) is 0 Å². The highest BCUT2D eigenvalue weighted by Gasteiger charge is 2.66. The molecule has 0 radical (unpaired) electrons. The fourth-order valence-corrected chi connectivity index (χ4v) is 1.79. The van der Waals surface area contributed by atoms with Crippen LogP contribution in [0, 0.1) is 5.92 Å². The van der Waals surface area contributed by atoms with Crippen LogP contribution in [0.3, 0.4) is 0 Å². The molecule has 1 fully saturated rings. The summed E-state index contributed by atoms with van der Waals surface area (Å²) < 4.78 is 100.0. The first kappa shape index (κ1) is 17.6. The van der Waals surface area contributed by atoms with Crippen LogP contribution < -0.4 is 0 Å². The summed E-state index contributed by atoms with van der Waals surface area (Å²) in [5.74, 6) is -4.42. The van der Waals surface area contributed by atoms with Crippen LogP contribution >= 0.6 is 0 Å². The minimum absolute atomic E-state index is 0.681. The highest BCUT2D eigenvalue weighted by molar-refractivity contribution is 7.86. The molecule has 0 spiro atoms. The molecule has 21 heavy (non-hydrogen) atoms. The van der Waals surface area contributed by atoms with Crippen LogP contribution in [-0.2, 0) is 29.2 Å². The van der Waals surface area contributed by atoms with Gasteiger partial charge in [0.1, 0.15) is 12.5 Å². The Labute approximate surface area is 113 Å². The maximum Gasteiger partial charge on any atom is 0.432 e. The Morgan fingerprint density at radius 3 is 2.19 bits per heavy atom. The van der Waals surface area contributed by atoms with Crippen molar-refractivity contribution in [3.63, 3.8) is 0 Å². The molecule has 1 saturated heterocycles. The van der Waals surface area contributed by atoms with Crippen molar-refractivity contribution in [3.8, 4) is 0 Å². The Morgan fingerprint density at radius 1 is 1.33 bits per heavy atom. The van der Waals surface area contributed by atoms with E-state index in [0.717, 1.165) is 0 Å². The molecule has 0 saturated carbocycles. The van der Waals surface area contributed by atoms with Gasteiger partial charge in [-0.05, 0) is 0 Å². The van der Waals surface area contributed by atoms with Crippen molar-refractivity contribution in [1.29, 1.82) is 0 Å². The zero-order chi connectivity index (χ0) is 16.6. The number of ether oxygens (including phenoxy) is 2. The van der Waals surface area contributed by atoms with Gasteiger partial charge in [-0.15, -0.1) is 0 Å². The first-order chi connectivity index (χ1) is 9.26. The first-order valence-electron chi connectivity index (χ1n) is 5.04. The van der Waals surface area contributed by atoms with E-state index in [2.05, 4.69) is 9.47 Å². The summed E-state index contributed by atoms with van der Waals surface area (Å²) in [7, 11) is -6.49. The van der Waals surface area contributed by atoms with Gasteiger partial charge in [0.15, 0.2) is 0 Å². The zero-order valence-corrected chi connectivity index (χ0v) is 10.6. The third-order valence-corrected chi connectivity index (χ3v) is 3.27. The van der Waals surface area contributed by atoms with E-state index < -0.39 is 58.5 Å². The van der Waals surface area contributed by atoms with Gasteiger partial charge >= 0.3 is 33.5 Å². The predicted molar refractivity (Wildman–Crippen MR) is 51.5 cm³/mol. The minimum atomic E-state index is -6.49. The van der Waals surface area contributed by atoms with Crippen molar-refractivity contribution >= 4 is 22.1 Å². The number of rotatable bonds is 4. The number of carbonyl (C=O) groups excluding carboxylic acids is 2. The number of halogens is 5. The third kappa shape index (κ3) is 3.78. The topological polar surface area (TPSA) is 107 Å². The van der Waals surface area contributed by atoms with Gasteiger partial charge in [-0.1, -0.05) is 0 Å². The minimum Gasteiger partial charge on any atom is -0.465 e. The van der Waals surface area contributed by atoms with Crippen molar-refractivity contribution in [2.24, 2.45) is 5.92 Å². The molecule has 13 heteroatoms. The number of carbonyl (C=O) groups is 2. The largest absolute Gasteiger partial charge is 0.465 e. The molecular weight excluding hydrogens is 335 g/mol. The van der Waals surface area contributed by atoms with Crippen molar-refractivity contribution in [2.45, 2.75) is 24.0 Å². The fourth-order valence-electron chi connectivity index (χ4n) is 1.34. The monoisotopic (exact) mass is 342 g/mol. The summed E-state index contributed by atoms with van der Waals surface area (Å²) in [5, 5.41) is -5.80. The lowest BCUT2D eigenvalue weighted by atomic mass is 10.1. The standard InChI is InChI=1S/C8H7F5O7S/c9-7(10,11)6(8(12,13)21(16,17)18)20-5(15)3-1-4(14)19-2-3/h3,6H,1-2H2,(H,16,17,18). The molecule has 0 amide bonds. The van der Waals surface area contributed by atoms with Gasteiger partial charge in [-0.3, -0.25) is 14.1 Å². The second kappa shape index (κ2) is 5.36. The molecule has 2 unspecified atom stereocenters. The van der Waals surface area contributed by atoms with Gasteiger partial charge in [-0.2, -0.15) is 30.4 Å². The Balaban J connectivity index is 3.01. The predicted octanol–water partition coefficient (Wildman–Crippen LogP) is 0.504.